The van der Waals surface area contributed by atoms with Gasteiger partial charge in [-0.25, -0.2) is 14.0 Å². The van der Waals surface area contributed by atoms with E-state index in [0.29, 0.717) is 6.07 Å². The molecule has 1 aromatic carbocycles. The van der Waals surface area contributed by atoms with Gasteiger partial charge in [-0.1, -0.05) is 6.08 Å². The summed E-state index contributed by atoms with van der Waals surface area (Å²) in [6.45, 7) is 0. The van der Waals surface area contributed by atoms with E-state index in [-0.39, 0.29) is 17.0 Å². The summed E-state index contributed by atoms with van der Waals surface area (Å²) in [5.41, 5.74) is -0.828. The second kappa shape index (κ2) is 7.94. The monoisotopic (exact) mass is 387 g/mol. The number of hydrogen-bond donors (Lipinski definition) is 0. The number of methoxy groups -OCH3 is 2. The van der Waals surface area contributed by atoms with Gasteiger partial charge < -0.3 is 19.1 Å². The quantitative estimate of drug-likeness (QED) is 0.584. The molecule has 10 heteroatoms. The highest BCUT2D eigenvalue weighted by Crippen LogP contribution is 2.32. The lowest BCUT2D eigenvalue weighted by Gasteiger charge is -2.23. The molecule has 0 bridgehead atoms. The molecule has 0 aliphatic carbocycles. The van der Waals surface area contributed by atoms with Crippen molar-refractivity contribution in [3.05, 3.63) is 59.7 Å². The molecule has 0 saturated carbocycles. The number of anilines is 1. The number of esters is 2. The van der Waals surface area contributed by atoms with Gasteiger partial charge in [0.25, 0.3) is 0 Å². The molecule has 0 aromatic heterocycles. The Bertz CT molecular complexity index is 842. The van der Waals surface area contributed by atoms with Gasteiger partial charge in [0.05, 0.1) is 25.5 Å². The molecular weight excluding hydrogens is 374 g/mol. The Morgan fingerprint density at radius 2 is 1.67 bits per heavy atom. The van der Waals surface area contributed by atoms with E-state index in [1.807, 2.05) is 0 Å². The maximum atomic E-state index is 13.9. The van der Waals surface area contributed by atoms with Crippen LogP contribution in [0.1, 0.15) is 0 Å². The number of ether oxygens (including phenoxy) is 3. The van der Waals surface area contributed by atoms with Gasteiger partial charge in [-0.05, 0) is 18.2 Å². The van der Waals surface area contributed by atoms with E-state index in [1.54, 1.807) is 0 Å². The number of alkyl halides is 3. The predicted molar refractivity (Wildman–Crippen MR) is 84.9 cm³/mol. The van der Waals surface area contributed by atoms with Crippen molar-refractivity contribution < 1.29 is 41.4 Å². The standard InChI is InChI=1S/C17H13F4NO5/c1-25-15(23)13-5-3-4-6-22(14(13)16(24)26-2)11-7-10(18)8-12(9-11)27-17(19,20)21/h3-9H,1-2H3. The van der Waals surface area contributed by atoms with E-state index in [1.165, 1.54) is 24.4 Å². The number of carbonyl (C=O) groups is 2. The Hall–Kier alpha value is -3.30. The topological polar surface area (TPSA) is 65.1 Å². The van der Waals surface area contributed by atoms with Gasteiger partial charge in [-0.2, -0.15) is 0 Å². The highest BCUT2D eigenvalue weighted by Gasteiger charge is 2.32. The number of benzene rings is 1. The molecule has 0 fully saturated rings. The molecule has 0 radical (unpaired) electrons. The Labute approximate surface area is 150 Å². The summed E-state index contributed by atoms with van der Waals surface area (Å²) in [5, 5.41) is 0. The van der Waals surface area contributed by atoms with Crippen LogP contribution in [0.2, 0.25) is 0 Å². The number of allylic oxidation sites excluding steroid dienone is 2. The Balaban J connectivity index is 2.63. The van der Waals surface area contributed by atoms with E-state index in [9.17, 15) is 27.2 Å². The van der Waals surface area contributed by atoms with Crippen molar-refractivity contribution in [2.24, 2.45) is 0 Å². The molecule has 6 nitrogen and oxygen atoms in total. The fourth-order valence-corrected chi connectivity index (χ4v) is 2.25. The molecule has 0 unspecified atom stereocenters. The number of rotatable bonds is 4. The number of halogens is 4. The van der Waals surface area contributed by atoms with Crippen molar-refractivity contribution in [3.63, 3.8) is 0 Å². The van der Waals surface area contributed by atoms with E-state index in [2.05, 4.69) is 14.2 Å². The van der Waals surface area contributed by atoms with Crippen LogP contribution < -0.4 is 9.64 Å². The number of hydrogen-bond acceptors (Lipinski definition) is 6. The second-order valence-corrected chi connectivity index (χ2v) is 5.01. The summed E-state index contributed by atoms with van der Waals surface area (Å²) in [5.74, 6) is -3.79. The van der Waals surface area contributed by atoms with Crippen LogP contribution in [0.15, 0.2) is 53.9 Å². The third kappa shape index (κ3) is 4.87. The molecule has 144 valence electrons. The highest BCUT2D eigenvalue weighted by atomic mass is 19.4. The van der Waals surface area contributed by atoms with Crippen molar-refractivity contribution in [3.8, 4) is 5.75 Å². The van der Waals surface area contributed by atoms with Crippen LogP contribution >= 0.6 is 0 Å². The fraction of sp³-hybridized carbons (Fsp3) is 0.176. The first kappa shape index (κ1) is 20.0. The van der Waals surface area contributed by atoms with Gasteiger partial charge in [0.2, 0.25) is 0 Å². The molecule has 1 aliphatic heterocycles. The number of carbonyl (C=O) groups excluding carboxylic acids is 2. The Morgan fingerprint density at radius 3 is 2.26 bits per heavy atom. The molecule has 0 atom stereocenters. The van der Waals surface area contributed by atoms with Gasteiger partial charge in [0.15, 0.2) is 0 Å². The Kier molecular flexibility index (Phi) is 5.88. The SMILES string of the molecule is COC(=O)C1=C(C(=O)OC)N(c2cc(F)cc(OC(F)(F)F)c2)C=CC=C1. The van der Waals surface area contributed by atoms with E-state index in [4.69, 9.17) is 0 Å². The largest absolute Gasteiger partial charge is 0.573 e. The lowest BCUT2D eigenvalue weighted by atomic mass is 10.1. The van der Waals surface area contributed by atoms with Gasteiger partial charge in [-0.15, -0.1) is 13.2 Å². The van der Waals surface area contributed by atoms with Crippen LogP contribution in [0.25, 0.3) is 0 Å². The zero-order valence-electron chi connectivity index (χ0n) is 14.0. The lowest BCUT2D eigenvalue weighted by Crippen LogP contribution is -2.27. The summed E-state index contributed by atoms with van der Waals surface area (Å²) >= 11 is 0. The molecule has 1 aliphatic rings. The minimum absolute atomic E-state index is 0.212. The van der Waals surface area contributed by atoms with E-state index in [0.717, 1.165) is 31.3 Å². The molecule has 0 spiro atoms. The number of nitrogens with zero attached hydrogens (tertiary/aromatic N) is 1. The summed E-state index contributed by atoms with van der Waals surface area (Å²) in [6.07, 6.45) is 0.223. The molecule has 1 aromatic rings. The molecule has 2 rings (SSSR count). The van der Waals surface area contributed by atoms with Crippen LogP contribution in [0.3, 0.4) is 0 Å². The summed E-state index contributed by atoms with van der Waals surface area (Å²) in [6, 6.07) is 2.24. The van der Waals surface area contributed by atoms with Gasteiger partial charge in [0, 0.05) is 18.3 Å². The van der Waals surface area contributed by atoms with Crippen LogP contribution in [-0.2, 0) is 19.1 Å². The van der Waals surface area contributed by atoms with Gasteiger partial charge >= 0.3 is 18.3 Å². The smallest absolute Gasteiger partial charge is 0.465 e. The second-order valence-electron chi connectivity index (χ2n) is 5.01. The molecular formula is C17H13F4NO5. The maximum absolute atomic E-state index is 13.9. The van der Waals surface area contributed by atoms with Crippen LogP contribution in [0, 0.1) is 5.82 Å². The normalized spacial score (nSPS) is 14.1. The van der Waals surface area contributed by atoms with Crippen molar-refractivity contribution >= 4 is 17.6 Å². The third-order valence-corrected chi connectivity index (χ3v) is 3.26. The van der Waals surface area contributed by atoms with Crippen molar-refractivity contribution in [1.29, 1.82) is 0 Å². The summed E-state index contributed by atoms with van der Waals surface area (Å²) in [7, 11) is 2.13. The first-order valence-electron chi connectivity index (χ1n) is 7.27. The minimum atomic E-state index is -5.04. The average Bonchev–Trinajstić information content (AvgIpc) is 2.81. The van der Waals surface area contributed by atoms with Crippen LogP contribution in [0.5, 0.6) is 5.75 Å². The zero-order valence-corrected chi connectivity index (χ0v) is 14.0. The Morgan fingerprint density at radius 1 is 1.00 bits per heavy atom. The average molecular weight is 387 g/mol. The first-order valence-corrected chi connectivity index (χ1v) is 7.27. The molecule has 0 saturated heterocycles. The highest BCUT2D eigenvalue weighted by molar-refractivity contribution is 6.05. The van der Waals surface area contributed by atoms with Gasteiger partial charge in [0.1, 0.15) is 17.3 Å². The molecule has 0 N–H and O–H groups in total. The summed E-state index contributed by atoms with van der Waals surface area (Å²) < 4.78 is 64.2. The van der Waals surface area contributed by atoms with Crippen LogP contribution in [-0.4, -0.2) is 32.5 Å². The lowest BCUT2D eigenvalue weighted by molar-refractivity contribution is -0.274. The summed E-state index contributed by atoms with van der Waals surface area (Å²) in [4.78, 5) is 25.2. The fourth-order valence-electron chi connectivity index (χ4n) is 2.25. The zero-order chi connectivity index (χ0) is 20.2. The van der Waals surface area contributed by atoms with Crippen molar-refractivity contribution in [1.82, 2.24) is 0 Å². The third-order valence-electron chi connectivity index (χ3n) is 3.26. The maximum Gasteiger partial charge on any atom is 0.573 e. The van der Waals surface area contributed by atoms with E-state index >= 15 is 0 Å². The molecule has 27 heavy (non-hydrogen) atoms. The first-order chi connectivity index (χ1) is 12.7. The van der Waals surface area contributed by atoms with Crippen molar-refractivity contribution in [2.75, 3.05) is 19.1 Å². The molecule has 1 heterocycles. The minimum Gasteiger partial charge on any atom is -0.465 e. The van der Waals surface area contributed by atoms with E-state index < -0.39 is 29.9 Å². The molecule has 0 amide bonds. The predicted octanol–water partition coefficient (Wildman–Crippen LogP) is 3.21. The van der Waals surface area contributed by atoms with Crippen LogP contribution in [0.4, 0.5) is 23.2 Å². The van der Waals surface area contributed by atoms with Crippen molar-refractivity contribution in [2.45, 2.75) is 6.36 Å². The van der Waals surface area contributed by atoms with Gasteiger partial charge in [-0.3, -0.25) is 0 Å².